The van der Waals surface area contributed by atoms with Crippen molar-refractivity contribution in [2.45, 2.75) is 18.9 Å². The summed E-state index contributed by atoms with van der Waals surface area (Å²) in [6.07, 6.45) is 2.18. The summed E-state index contributed by atoms with van der Waals surface area (Å²) in [7, 11) is 0. The van der Waals surface area contributed by atoms with E-state index in [1.165, 1.54) is 0 Å². The third-order valence-corrected chi connectivity index (χ3v) is 5.68. The maximum atomic E-state index is 12.7. The largest absolute Gasteiger partial charge is 0.490 e. The van der Waals surface area contributed by atoms with Gasteiger partial charge in [-0.15, -0.1) is 0 Å². The van der Waals surface area contributed by atoms with Crippen LogP contribution in [0.3, 0.4) is 0 Å². The Morgan fingerprint density at radius 1 is 0.906 bits per heavy atom. The Hall–Kier alpha value is -3.16. The van der Waals surface area contributed by atoms with E-state index in [1.54, 1.807) is 42.5 Å². The van der Waals surface area contributed by atoms with Crippen LogP contribution >= 0.6 is 15.9 Å². The van der Waals surface area contributed by atoms with E-state index < -0.39 is 0 Å². The van der Waals surface area contributed by atoms with Crippen molar-refractivity contribution >= 4 is 39.1 Å². The molecular weight excluding hydrogens is 472 g/mol. The maximum absolute atomic E-state index is 12.7. The normalized spacial score (nSPS) is 15.2. The van der Waals surface area contributed by atoms with Gasteiger partial charge in [0, 0.05) is 29.1 Å². The first-order valence-corrected chi connectivity index (χ1v) is 11.2. The van der Waals surface area contributed by atoms with Gasteiger partial charge in [-0.05, 0) is 77.3 Å². The van der Waals surface area contributed by atoms with Gasteiger partial charge in [0.15, 0.2) is 0 Å². The van der Waals surface area contributed by atoms with E-state index in [1.807, 2.05) is 30.3 Å². The molecule has 32 heavy (non-hydrogen) atoms. The third-order valence-electron chi connectivity index (χ3n) is 5.06. The zero-order valence-corrected chi connectivity index (χ0v) is 18.9. The number of nitrogens with one attached hydrogen (secondary N) is 2. The van der Waals surface area contributed by atoms with E-state index in [0.717, 1.165) is 19.4 Å². The fraction of sp³-hybridized carbons (Fsp3) is 0.200. The van der Waals surface area contributed by atoms with E-state index in [0.29, 0.717) is 39.3 Å². The highest BCUT2D eigenvalue weighted by Crippen LogP contribution is 2.27. The van der Waals surface area contributed by atoms with Gasteiger partial charge in [-0.25, -0.2) is 0 Å². The summed E-state index contributed by atoms with van der Waals surface area (Å²) in [4.78, 5) is 25.2. The molecule has 7 heteroatoms. The molecule has 6 nitrogen and oxygen atoms in total. The summed E-state index contributed by atoms with van der Waals surface area (Å²) in [6.45, 7) is 1.27. The lowest BCUT2D eigenvalue weighted by molar-refractivity contribution is 0.0677. The lowest BCUT2D eigenvalue weighted by Gasteiger charge is -2.13. The van der Waals surface area contributed by atoms with Crippen LogP contribution in [0.4, 0.5) is 11.4 Å². The molecule has 2 N–H and O–H groups in total. The van der Waals surface area contributed by atoms with Crippen LogP contribution in [-0.2, 0) is 4.74 Å². The van der Waals surface area contributed by atoms with Gasteiger partial charge < -0.3 is 20.1 Å². The number of hydrogen-bond donors (Lipinski definition) is 2. The van der Waals surface area contributed by atoms with Crippen molar-refractivity contribution in [2.24, 2.45) is 0 Å². The number of halogens is 1. The first kappa shape index (κ1) is 22.0. The number of hydrogen-bond acceptors (Lipinski definition) is 4. The quantitative estimate of drug-likeness (QED) is 0.453. The number of anilines is 2. The first-order chi connectivity index (χ1) is 15.6. The molecule has 4 rings (SSSR count). The fourth-order valence-corrected chi connectivity index (χ4v) is 3.88. The smallest absolute Gasteiger partial charge is 0.255 e. The van der Waals surface area contributed by atoms with Gasteiger partial charge in [0.25, 0.3) is 11.8 Å². The number of benzene rings is 3. The van der Waals surface area contributed by atoms with E-state index in [2.05, 4.69) is 26.6 Å². The molecule has 0 bridgehead atoms. The van der Waals surface area contributed by atoms with E-state index in [9.17, 15) is 9.59 Å². The predicted octanol–water partition coefficient (Wildman–Crippen LogP) is 5.51. The Balaban J connectivity index is 1.38. The van der Waals surface area contributed by atoms with Crippen LogP contribution in [0, 0.1) is 0 Å². The molecule has 1 atom stereocenters. The van der Waals surface area contributed by atoms with E-state index >= 15 is 0 Å². The SMILES string of the molecule is O=C(Nc1ccccc1)c1cccc(NC(=O)c2ccc(OCC3CCCO3)c(Br)c2)c1. The van der Waals surface area contributed by atoms with Gasteiger partial charge in [0.1, 0.15) is 12.4 Å². The zero-order valence-electron chi connectivity index (χ0n) is 17.3. The fourth-order valence-electron chi connectivity index (χ4n) is 3.38. The van der Waals surface area contributed by atoms with Crippen molar-refractivity contribution in [3.8, 4) is 5.75 Å². The van der Waals surface area contributed by atoms with Crippen molar-refractivity contribution in [1.82, 2.24) is 0 Å². The number of carbonyl (C=O) groups excluding carboxylic acids is 2. The lowest BCUT2D eigenvalue weighted by atomic mass is 10.1. The van der Waals surface area contributed by atoms with Crippen molar-refractivity contribution in [3.63, 3.8) is 0 Å². The van der Waals surface area contributed by atoms with E-state index in [-0.39, 0.29) is 17.9 Å². The van der Waals surface area contributed by atoms with Gasteiger partial charge in [-0.1, -0.05) is 24.3 Å². The van der Waals surface area contributed by atoms with Gasteiger partial charge in [-0.2, -0.15) is 0 Å². The van der Waals surface area contributed by atoms with Crippen LogP contribution in [0.1, 0.15) is 33.6 Å². The second-order valence-corrected chi connectivity index (χ2v) is 8.30. The van der Waals surface area contributed by atoms with Crippen molar-refractivity contribution < 1.29 is 19.1 Å². The van der Waals surface area contributed by atoms with Gasteiger partial charge in [-0.3, -0.25) is 9.59 Å². The molecule has 2 amide bonds. The molecular formula is C25H23BrN2O4. The van der Waals surface area contributed by atoms with Crippen LogP contribution in [0.2, 0.25) is 0 Å². The molecule has 1 unspecified atom stereocenters. The molecule has 0 aromatic heterocycles. The average molecular weight is 495 g/mol. The molecule has 1 heterocycles. The molecule has 164 valence electrons. The molecule has 1 saturated heterocycles. The minimum atomic E-state index is -0.281. The number of ether oxygens (including phenoxy) is 2. The van der Waals surface area contributed by atoms with Crippen LogP contribution in [0.15, 0.2) is 77.3 Å². The van der Waals surface area contributed by atoms with Gasteiger partial charge >= 0.3 is 0 Å². The highest BCUT2D eigenvalue weighted by atomic mass is 79.9. The minimum absolute atomic E-state index is 0.122. The lowest BCUT2D eigenvalue weighted by Crippen LogP contribution is -2.17. The molecule has 0 aliphatic carbocycles. The average Bonchev–Trinajstić information content (AvgIpc) is 3.33. The second kappa shape index (κ2) is 10.4. The topological polar surface area (TPSA) is 76.7 Å². The molecule has 3 aromatic carbocycles. The molecule has 0 saturated carbocycles. The predicted molar refractivity (Wildman–Crippen MR) is 127 cm³/mol. The second-order valence-electron chi connectivity index (χ2n) is 7.45. The van der Waals surface area contributed by atoms with Crippen LogP contribution in [-0.4, -0.2) is 31.1 Å². The Labute approximate surface area is 195 Å². The summed E-state index contributed by atoms with van der Waals surface area (Å²) in [6, 6.07) is 21.2. The molecule has 1 aliphatic heterocycles. The Morgan fingerprint density at radius 2 is 1.62 bits per heavy atom. The Bertz CT molecular complexity index is 1100. The number of carbonyl (C=O) groups is 2. The van der Waals surface area contributed by atoms with Crippen LogP contribution < -0.4 is 15.4 Å². The summed E-state index contributed by atoms with van der Waals surface area (Å²) in [5.41, 5.74) is 2.16. The monoisotopic (exact) mass is 494 g/mol. The summed E-state index contributed by atoms with van der Waals surface area (Å²) in [5, 5.41) is 5.68. The van der Waals surface area contributed by atoms with E-state index in [4.69, 9.17) is 9.47 Å². The third kappa shape index (κ3) is 5.75. The molecule has 1 fully saturated rings. The number of para-hydroxylation sites is 1. The van der Waals surface area contributed by atoms with Gasteiger partial charge in [0.05, 0.1) is 10.6 Å². The van der Waals surface area contributed by atoms with Crippen molar-refractivity contribution in [2.75, 3.05) is 23.8 Å². The summed E-state index contributed by atoms with van der Waals surface area (Å²) < 4.78 is 12.1. The highest BCUT2D eigenvalue weighted by Gasteiger charge is 2.17. The van der Waals surface area contributed by atoms with Crippen molar-refractivity contribution in [3.05, 3.63) is 88.4 Å². The molecule has 3 aromatic rings. The highest BCUT2D eigenvalue weighted by molar-refractivity contribution is 9.10. The summed E-state index contributed by atoms with van der Waals surface area (Å²) in [5.74, 6) is 0.136. The number of amides is 2. The molecule has 1 aliphatic rings. The molecule has 0 spiro atoms. The molecule has 0 radical (unpaired) electrons. The zero-order chi connectivity index (χ0) is 22.3. The standard InChI is InChI=1S/C25H23BrN2O4/c26-22-15-18(11-12-23(22)32-16-21-10-5-13-31-21)25(30)28-20-9-4-6-17(14-20)24(29)27-19-7-2-1-3-8-19/h1-4,6-9,11-12,14-15,21H,5,10,13,16H2,(H,27,29)(H,28,30). The number of rotatable bonds is 7. The van der Waals surface area contributed by atoms with Crippen molar-refractivity contribution in [1.29, 1.82) is 0 Å². The van der Waals surface area contributed by atoms with Crippen LogP contribution in [0.5, 0.6) is 5.75 Å². The van der Waals surface area contributed by atoms with Gasteiger partial charge in [0.2, 0.25) is 0 Å². The van der Waals surface area contributed by atoms with Crippen LogP contribution in [0.25, 0.3) is 0 Å². The first-order valence-electron chi connectivity index (χ1n) is 10.4. The Morgan fingerprint density at radius 3 is 2.34 bits per heavy atom. The summed E-state index contributed by atoms with van der Waals surface area (Å²) >= 11 is 3.47. The maximum Gasteiger partial charge on any atom is 0.255 e. The minimum Gasteiger partial charge on any atom is -0.490 e. The Kier molecular flexibility index (Phi) is 7.19.